The van der Waals surface area contributed by atoms with E-state index in [1.165, 1.54) is 6.08 Å². The highest BCUT2D eigenvalue weighted by Crippen LogP contribution is 2.70. The Morgan fingerprint density at radius 2 is 1.74 bits per heavy atom. The van der Waals surface area contributed by atoms with Crippen LogP contribution in [-0.4, -0.2) is 132 Å². The molecule has 13 nitrogen and oxygen atoms in total. The van der Waals surface area contributed by atoms with Crippen molar-refractivity contribution in [2.45, 2.75) is 112 Å². The standard InChI is InChI=1S/C29H44O13/c1-26-9-17(32)21-16(29(26,39)5-3-15(26)13-6-20(34)40-11-13)2-4-27(38)8-14(7-19(33)28(21,27)12-31)41-25-24(37)23(36)22(35)18(10-30)42-25/h6,14-19,21-25,30-33,35-39H,2-5,7-12H2,1H3/t14-,15+,16+,17+,18?,19+,21+,22?,23?,24?,25?,26+,27-,28+,29-/m0/s1. The second kappa shape index (κ2) is 10.4. The van der Waals surface area contributed by atoms with E-state index in [1.807, 2.05) is 6.92 Å². The minimum atomic E-state index is -1.73. The normalized spacial score (nSPS) is 55.8. The summed E-state index contributed by atoms with van der Waals surface area (Å²) in [6.45, 7) is 0.773. The molecule has 0 aromatic heterocycles. The van der Waals surface area contributed by atoms with Crippen LogP contribution < -0.4 is 0 Å². The number of cyclic esters (lactones) is 1. The maximum atomic E-state index is 12.4. The molecule has 6 aliphatic rings. The van der Waals surface area contributed by atoms with E-state index in [9.17, 15) is 50.8 Å². The Morgan fingerprint density at radius 1 is 1.00 bits per heavy atom. The van der Waals surface area contributed by atoms with E-state index in [0.717, 1.165) is 5.57 Å². The van der Waals surface area contributed by atoms with Gasteiger partial charge in [0.2, 0.25) is 0 Å². The lowest BCUT2D eigenvalue weighted by molar-refractivity contribution is -0.345. The van der Waals surface area contributed by atoms with Crippen LogP contribution in [0.25, 0.3) is 0 Å². The Balaban J connectivity index is 1.28. The molecule has 42 heavy (non-hydrogen) atoms. The Labute approximate surface area is 243 Å². The van der Waals surface area contributed by atoms with Gasteiger partial charge in [-0.1, -0.05) is 6.92 Å². The molecule has 4 aliphatic carbocycles. The molecule has 1 saturated heterocycles. The number of aliphatic hydroxyl groups is 9. The first kappa shape index (κ1) is 30.8. The first-order valence-corrected chi connectivity index (χ1v) is 15.0. The molecule has 0 aromatic carbocycles. The van der Waals surface area contributed by atoms with Crippen LogP contribution >= 0.6 is 0 Å². The summed E-state index contributed by atoms with van der Waals surface area (Å²) in [5.41, 5.74) is -4.61. The average molecular weight is 601 g/mol. The largest absolute Gasteiger partial charge is 0.458 e. The van der Waals surface area contributed by atoms with Crippen LogP contribution in [0.3, 0.4) is 0 Å². The first-order chi connectivity index (χ1) is 19.8. The van der Waals surface area contributed by atoms with Gasteiger partial charge in [-0.05, 0) is 49.5 Å². The van der Waals surface area contributed by atoms with Crippen LogP contribution in [0.5, 0.6) is 0 Å². The minimum absolute atomic E-state index is 0.0837. The second-order valence-electron chi connectivity index (χ2n) is 13.8. The molecule has 0 bridgehead atoms. The highest BCUT2D eigenvalue weighted by molar-refractivity contribution is 5.85. The number of esters is 1. The van der Waals surface area contributed by atoms with Gasteiger partial charge in [-0.2, -0.15) is 0 Å². The molecule has 15 atom stereocenters. The van der Waals surface area contributed by atoms with Crippen LogP contribution in [-0.2, 0) is 19.0 Å². The highest BCUT2D eigenvalue weighted by atomic mass is 16.7. The van der Waals surface area contributed by atoms with Crippen molar-refractivity contribution >= 4 is 5.97 Å². The molecule has 4 saturated carbocycles. The van der Waals surface area contributed by atoms with Gasteiger partial charge in [-0.15, -0.1) is 0 Å². The number of hydrogen-bond donors (Lipinski definition) is 9. The molecule has 9 N–H and O–H groups in total. The summed E-state index contributed by atoms with van der Waals surface area (Å²) in [5.74, 6) is -2.02. The lowest BCUT2D eigenvalue weighted by Crippen LogP contribution is -2.76. The third-order valence-corrected chi connectivity index (χ3v) is 12.2. The maximum Gasteiger partial charge on any atom is 0.331 e. The average Bonchev–Trinajstić information content (AvgIpc) is 3.48. The van der Waals surface area contributed by atoms with Crippen molar-refractivity contribution in [1.82, 2.24) is 0 Å². The molecule has 2 heterocycles. The van der Waals surface area contributed by atoms with Gasteiger partial charge in [-0.3, -0.25) is 0 Å². The van der Waals surface area contributed by atoms with Crippen molar-refractivity contribution in [3.63, 3.8) is 0 Å². The number of carbonyl (C=O) groups excluding carboxylic acids is 1. The quantitative estimate of drug-likeness (QED) is 0.117. The van der Waals surface area contributed by atoms with Crippen molar-refractivity contribution in [2.75, 3.05) is 19.8 Å². The zero-order valence-corrected chi connectivity index (χ0v) is 23.7. The minimum Gasteiger partial charge on any atom is -0.458 e. The zero-order valence-electron chi connectivity index (χ0n) is 23.7. The summed E-state index contributed by atoms with van der Waals surface area (Å²) in [5, 5.41) is 99.2. The van der Waals surface area contributed by atoms with Crippen LogP contribution in [0, 0.1) is 28.6 Å². The molecule has 6 rings (SSSR count). The Morgan fingerprint density at radius 3 is 2.38 bits per heavy atom. The predicted octanol–water partition coefficient (Wildman–Crippen LogP) is -2.54. The van der Waals surface area contributed by atoms with Crippen LogP contribution in [0.1, 0.15) is 51.9 Å². The molecular weight excluding hydrogens is 556 g/mol. The molecule has 0 radical (unpaired) electrons. The lowest BCUT2D eigenvalue weighted by Gasteiger charge is -2.68. The number of aliphatic hydroxyl groups excluding tert-OH is 7. The topological polar surface area (TPSA) is 227 Å². The highest BCUT2D eigenvalue weighted by Gasteiger charge is 2.75. The Bertz CT molecular complexity index is 1100. The van der Waals surface area contributed by atoms with Crippen LogP contribution in [0.15, 0.2) is 11.6 Å². The van der Waals surface area contributed by atoms with E-state index in [2.05, 4.69) is 0 Å². The Kier molecular flexibility index (Phi) is 7.63. The fourth-order valence-corrected chi connectivity index (χ4v) is 10.1. The summed E-state index contributed by atoms with van der Waals surface area (Å²) in [6, 6.07) is 0. The van der Waals surface area contributed by atoms with Gasteiger partial charge >= 0.3 is 5.97 Å². The van der Waals surface area contributed by atoms with Gasteiger partial charge in [0.05, 0.1) is 48.1 Å². The van der Waals surface area contributed by atoms with E-state index in [1.54, 1.807) is 0 Å². The van der Waals surface area contributed by atoms with Crippen molar-refractivity contribution in [3.05, 3.63) is 11.6 Å². The third-order valence-electron chi connectivity index (χ3n) is 12.2. The molecule has 0 spiro atoms. The van der Waals surface area contributed by atoms with Gasteiger partial charge in [0.15, 0.2) is 6.29 Å². The monoisotopic (exact) mass is 600 g/mol. The predicted molar refractivity (Wildman–Crippen MR) is 140 cm³/mol. The molecule has 5 unspecified atom stereocenters. The molecule has 0 aromatic rings. The van der Waals surface area contributed by atoms with E-state index in [0.29, 0.717) is 19.3 Å². The molecule has 0 amide bonds. The van der Waals surface area contributed by atoms with E-state index in [-0.39, 0.29) is 38.2 Å². The molecule has 2 aliphatic heterocycles. The van der Waals surface area contributed by atoms with Gasteiger partial charge in [0.25, 0.3) is 0 Å². The SMILES string of the molecule is C[C@]12C[C@@H](O)[C@H]3[C@@H](CC[C@]4(O)C[C@@H](OC5OC(CO)C(O)C(O)C5O)C[C@@H](O)[C@]34CO)[C@@]1(O)CC[C@@H]2C1=CC(=O)OC1. The van der Waals surface area contributed by atoms with Crippen molar-refractivity contribution < 1.29 is 65.0 Å². The number of ether oxygens (including phenoxy) is 3. The van der Waals surface area contributed by atoms with Crippen LogP contribution in [0.4, 0.5) is 0 Å². The number of rotatable bonds is 5. The van der Waals surface area contributed by atoms with Crippen LogP contribution in [0.2, 0.25) is 0 Å². The van der Waals surface area contributed by atoms with Gasteiger partial charge in [0, 0.05) is 30.3 Å². The molecular formula is C29H44O13. The zero-order chi connectivity index (χ0) is 30.4. The third kappa shape index (κ3) is 4.06. The van der Waals surface area contributed by atoms with Gasteiger partial charge in [0.1, 0.15) is 31.0 Å². The summed E-state index contributed by atoms with van der Waals surface area (Å²) in [6.07, 6.45) is -8.15. The lowest BCUT2D eigenvalue weighted by atomic mass is 9.40. The number of carbonyl (C=O) groups is 1. The molecule has 13 heteroatoms. The number of fused-ring (bicyclic) bond motifs is 5. The summed E-state index contributed by atoms with van der Waals surface area (Å²) in [7, 11) is 0. The van der Waals surface area contributed by atoms with Gasteiger partial charge < -0.3 is 60.2 Å². The Hall–Kier alpha value is -1.23. The second-order valence-corrected chi connectivity index (χ2v) is 13.8. The van der Waals surface area contributed by atoms with E-state index < -0.39 is 102 Å². The molecule has 238 valence electrons. The summed E-state index contributed by atoms with van der Waals surface area (Å²) < 4.78 is 16.5. The van der Waals surface area contributed by atoms with Crippen molar-refractivity contribution in [1.29, 1.82) is 0 Å². The molecule has 5 fully saturated rings. The first-order valence-electron chi connectivity index (χ1n) is 15.0. The summed E-state index contributed by atoms with van der Waals surface area (Å²) in [4.78, 5) is 11.8. The van der Waals surface area contributed by atoms with Gasteiger partial charge in [-0.25, -0.2) is 4.79 Å². The number of hydrogen-bond acceptors (Lipinski definition) is 13. The summed E-state index contributed by atoms with van der Waals surface area (Å²) >= 11 is 0. The van der Waals surface area contributed by atoms with Crippen molar-refractivity contribution in [3.8, 4) is 0 Å². The smallest absolute Gasteiger partial charge is 0.331 e. The van der Waals surface area contributed by atoms with E-state index in [4.69, 9.17) is 14.2 Å². The fraction of sp³-hybridized carbons (Fsp3) is 0.897. The fourth-order valence-electron chi connectivity index (χ4n) is 10.1. The maximum absolute atomic E-state index is 12.4. The van der Waals surface area contributed by atoms with Crippen molar-refractivity contribution in [2.24, 2.45) is 28.6 Å². The van der Waals surface area contributed by atoms with E-state index >= 15 is 0 Å².